The lowest BCUT2D eigenvalue weighted by Gasteiger charge is -2.06. The van der Waals surface area contributed by atoms with Gasteiger partial charge in [0.1, 0.15) is 0 Å². The lowest BCUT2D eigenvalue weighted by molar-refractivity contribution is 0.702. The molecule has 0 N–H and O–H groups in total. The summed E-state index contributed by atoms with van der Waals surface area (Å²) in [7, 11) is 0. The van der Waals surface area contributed by atoms with Crippen LogP contribution in [0.2, 0.25) is 0 Å². The van der Waals surface area contributed by atoms with Gasteiger partial charge in [-0.1, -0.05) is 105 Å². The van der Waals surface area contributed by atoms with Crippen molar-refractivity contribution in [1.29, 1.82) is 0 Å². The van der Waals surface area contributed by atoms with E-state index >= 15 is 0 Å². The standard InChI is InChI=1S/C10H14.C6H14.C2H6.CH4/c1-3-9(2)10-7-5-4-6-8-10;1-3-5-6-4-2;1-2;/h4-9H,3H2,1-2H3;3-6H2,1-2H3;1-2H3;1H4. The Balaban J connectivity index is -0.000000249. The second kappa shape index (κ2) is 19.6. The zero-order valence-electron chi connectivity index (χ0n) is 13.5. The van der Waals surface area contributed by atoms with E-state index in [1.54, 1.807) is 0 Å². The molecule has 1 rings (SSSR count). The summed E-state index contributed by atoms with van der Waals surface area (Å²) >= 11 is 0. The third-order valence-electron chi connectivity index (χ3n) is 2.94. The normalized spacial score (nSPS) is 10.0. The van der Waals surface area contributed by atoms with Crippen molar-refractivity contribution in [2.75, 3.05) is 0 Å². The molecule has 1 unspecified atom stereocenters. The predicted molar refractivity (Wildman–Crippen MR) is 93.0 cm³/mol. The van der Waals surface area contributed by atoms with Crippen LogP contribution >= 0.6 is 0 Å². The molecule has 0 nitrogen and oxygen atoms in total. The summed E-state index contributed by atoms with van der Waals surface area (Å²) in [5, 5.41) is 0. The number of unbranched alkanes of at least 4 members (excludes halogenated alkanes) is 3. The Hall–Kier alpha value is -0.780. The van der Waals surface area contributed by atoms with Crippen molar-refractivity contribution in [3.63, 3.8) is 0 Å². The molecule has 0 fully saturated rings. The number of rotatable bonds is 5. The maximum atomic E-state index is 2.26. The molecule has 19 heavy (non-hydrogen) atoms. The van der Waals surface area contributed by atoms with Gasteiger partial charge in [0.05, 0.1) is 0 Å². The van der Waals surface area contributed by atoms with Gasteiger partial charge in [-0.3, -0.25) is 0 Å². The molecular weight excluding hydrogens is 228 g/mol. The molecule has 0 saturated heterocycles. The Morgan fingerprint density at radius 3 is 1.58 bits per heavy atom. The van der Waals surface area contributed by atoms with E-state index in [1.165, 1.54) is 37.7 Å². The van der Waals surface area contributed by atoms with Crippen molar-refractivity contribution in [3.05, 3.63) is 35.9 Å². The fourth-order valence-corrected chi connectivity index (χ4v) is 1.52. The highest BCUT2D eigenvalue weighted by Crippen LogP contribution is 2.16. The third kappa shape index (κ3) is 15.2. The fourth-order valence-electron chi connectivity index (χ4n) is 1.52. The summed E-state index contributed by atoms with van der Waals surface area (Å²) in [5.41, 5.74) is 1.45. The van der Waals surface area contributed by atoms with Crippen LogP contribution in [-0.2, 0) is 0 Å². The van der Waals surface area contributed by atoms with E-state index in [-0.39, 0.29) is 7.43 Å². The molecule has 0 aliphatic rings. The molecule has 1 aromatic rings. The van der Waals surface area contributed by atoms with Crippen molar-refractivity contribution >= 4 is 0 Å². The largest absolute Gasteiger partial charge is 0.0776 e. The molecule has 0 saturated carbocycles. The smallest absolute Gasteiger partial charge is 0.0193 e. The highest BCUT2D eigenvalue weighted by Gasteiger charge is 1.98. The monoisotopic (exact) mass is 266 g/mol. The summed E-state index contributed by atoms with van der Waals surface area (Å²) in [5.74, 6) is 0.709. The van der Waals surface area contributed by atoms with Gasteiger partial charge in [0, 0.05) is 0 Å². The van der Waals surface area contributed by atoms with Crippen molar-refractivity contribution < 1.29 is 0 Å². The predicted octanol–water partition coefficient (Wildman–Crippen LogP) is 7.45. The second-order valence-electron chi connectivity index (χ2n) is 4.43. The molecule has 0 heterocycles. The van der Waals surface area contributed by atoms with E-state index in [0.29, 0.717) is 5.92 Å². The highest BCUT2D eigenvalue weighted by atomic mass is 14.0. The van der Waals surface area contributed by atoms with Gasteiger partial charge < -0.3 is 0 Å². The van der Waals surface area contributed by atoms with E-state index in [2.05, 4.69) is 58.0 Å². The van der Waals surface area contributed by atoms with Gasteiger partial charge in [-0.2, -0.15) is 0 Å². The first-order chi connectivity index (χ1) is 8.76. The molecule has 0 aliphatic carbocycles. The molecule has 0 heteroatoms. The molecule has 114 valence electrons. The molecule has 0 bridgehead atoms. The minimum Gasteiger partial charge on any atom is -0.0776 e. The first-order valence-corrected chi connectivity index (χ1v) is 7.81. The van der Waals surface area contributed by atoms with Crippen LogP contribution in [0.4, 0.5) is 0 Å². The zero-order valence-corrected chi connectivity index (χ0v) is 13.5. The van der Waals surface area contributed by atoms with Gasteiger partial charge in [-0.25, -0.2) is 0 Å². The summed E-state index contributed by atoms with van der Waals surface area (Å²) in [6.07, 6.45) is 6.76. The van der Waals surface area contributed by atoms with Crippen LogP contribution in [0.3, 0.4) is 0 Å². The second-order valence-corrected chi connectivity index (χ2v) is 4.43. The summed E-state index contributed by atoms with van der Waals surface area (Å²) < 4.78 is 0. The zero-order chi connectivity index (χ0) is 14.2. The number of hydrogen-bond donors (Lipinski definition) is 0. The van der Waals surface area contributed by atoms with Crippen molar-refractivity contribution in [2.24, 2.45) is 0 Å². The molecule has 1 atom stereocenters. The molecule has 0 spiro atoms. The average Bonchev–Trinajstić information content (AvgIpc) is 2.48. The Morgan fingerprint density at radius 2 is 1.26 bits per heavy atom. The van der Waals surface area contributed by atoms with Crippen LogP contribution in [0.1, 0.15) is 92.6 Å². The molecule has 0 amide bonds. The topological polar surface area (TPSA) is 0 Å². The SMILES string of the molecule is C.CC.CCC(C)c1ccccc1.CCCCCC. The molecule has 1 aromatic carbocycles. The Morgan fingerprint density at radius 1 is 0.842 bits per heavy atom. The highest BCUT2D eigenvalue weighted by molar-refractivity contribution is 5.18. The summed E-state index contributed by atoms with van der Waals surface area (Å²) in [4.78, 5) is 0. The van der Waals surface area contributed by atoms with Crippen LogP contribution < -0.4 is 0 Å². The van der Waals surface area contributed by atoms with Crippen LogP contribution in [0, 0.1) is 0 Å². The number of benzene rings is 1. The van der Waals surface area contributed by atoms with Crippen LogP contribution in [-0.4, -0.2) is 0 Å². The lowest BCUT2D eigenvalue weighted by atomic mass is 9.99. The maximum Gasteiger partial charge on any atom is -0.0193 e. The van der Waals surface area contributed by atoms with E-state index in [0.717, 1.165) is 0 Å². The van der Waals surface area contributed by atoms with Crippen molar-refractivity contribution in [3.8, 4) is 0 Å². The van der Waals surface area contributed by atoms with Crippen LogP contribution in [0.25, 0.3) is 0 Å². The minimum absolute atomic E-state index is 0. The number of hydrogen-bond acceptors (Lipinski definition) is 0. The summed E-state index contributed by atoms with van der Waals surface area (Å²) in [6.45, 7) is 12.9. The van der Waals surface area contributed by atoms with Gasteiger partial charge in [-0.15, -0.1) is 0 Å². The quantitative estimate of drug-likeness (QED) is 0.485. The van der Waals surface area contributed by atoms with Crippen molar-refractivity contribution in [1.82, 2.24) is 0 Å². The van der Waals surface area contributed by atoms with Gasteiger partial charge in [0.2, 0.25) is 0 Å². The first kappa shape index (κ1) is 23.3. The van der Waals surface area contributed by atoms with Gasteiger partial charge >= 0.3 is 0 Å². The molecule has 0 radical (unpaired) electrons. The van der Waals surface area contributed by atoms with Gasteiger partial charge in [-0.05, 0) is 17.9 Å². The van der Waals surface area contributed by atoms with E-state index in [4.69, 9.17) is 0 Å². The average molecular weight is 267 g/mol. The van der Waals surface area contributed by atoms with Crippen molar-refractivity contribution in [2.45, 2.75) is 87.0 Å². The van der Waals surface area contributed by atoms with Gasteiger partial charge in [0.15, 0.2) is 0 Å². The third-order valence-corrected chi connectivity index (χ3v) is 2.94. The Labute approximate surface area is 123 Å². The molecule has 0 aliphatic heterocycles. The van der Waals surface area contributed by atoms with Crippen LogP contribution in [0.5, 0.6) is 0 Å². The maximum absolute atomic E-state index is 2.26. The van der Waals surface area contributed by atoms with Crippen LogP contribution in [0.15, 0.2) is 30.3 Å². The fraction of sp³-hybridized carbons (Fsp3) is 0.684. The Kier molecular flexibility index (Phi) is 24.0. The van der Waals surface area contributed by atoms with E-state index in [9.17, 15) is 0 Å². The van der Waals surface area contributed by atoms with E-state index in [1.807, 2.05) is 13.8 Å². The molecular formula is C19H38. The first-order valence-electron chi connectivity index (χ1n) is 7.81. The van der Waals surface area contributed by atoms with E-state index < -0.39 is 0 Å². The van der Waals surface area contributed by atoms with Gasteiger partial charge in [0.25, 0.3) is 0 Å². The summed E-state index contributed by atoms with van der Waals surface area (Å²) in [6, 6.07) is 10.6. The Bertz CT molecular complexity index is 221. The minimum atomic E-state index is 0. The lowest BCUT2D eigenvalue weighted by Crippen LogP contribution is -1.88. The molecule has 0 aromatic heterocycles.